The molecule has 0 atom stereocenters. The van der Waals surface area contributed by atoms with Crippen LogP contribution in [0.2, 0.25) is 0 Å². The van der Waals surface area contributed by atoms with Gasteiger partial charge >= 0.3 is 0 Å². The molecule has 0 aliphatic carbocycles. The molecule has 0 fully saturated rings. The van der Waals surface area contributed by atoms with E-state index >= 15 is 0 Å². The summed E-state index contributed by atoms with van der Waals surface area (Å²) in [6.45, 7) is 0. The van der Waals surface area contributed by atoms with Crippen LogP contribution in [-0.2, 0) is 0 Å². The number of hydrogen-bond acceptors (Lipinski definition) is 4. The molecule has 18 heavy (non-hydrogen) atoms. The van der Waals surface area contributed by atoms with Crippen LogP contribution in [0.15, 0.2) is 45.4 Å². The Bertz CT molecular complexity index is 709. The van der Waals surface area contributed by atoms with Gasteiger partial charge in [0, 0.05) is 16.7 Å². The van der Waals surface area contributed by atoms with E-state index in [1.54, 1.807) is 13.3 Å². The van der Waals surface area contributed by atoms with E-state index in [-0.39, 0.29) is 0 Å². The van der Waals surface area contributed by atoms with Crippen LogP contribution in [0.5, 0.6) is 5.75 Å². The molecule has 0 saturated carbocycles. The highest BCUT2D eigenvalue weighted by Crippen LogP contribution is 2.31. The van der Waals surface area contributed by atoms with Gasteiger partial charge in [-0.05, 0) is 28.1 Å². The van der Waals surface area contributed by atoms with E-state index in [1.807, 2.05) is 30.3 Å². The zero-order valence-corrected chi connectivity index (χ0v) is 11.1. The zero-order chi connectivity index (χ0) is 12.5. The normalized spacial score (nSPS) is 10.8. The van der Waals surface area contributed by atoms with E-state index in [0.29, 0.717) is 17.1 Å². The van der Waals surface area contributed by atoms with E-state index in [1.165, 1.54) is 0 Å². The monoisotopic (exact) mass is 304 g/mol. The predicted molar refractivity (Wildman–Crippen MR) is 71.5 cm³/mol. The Morgan fingerprint density at radius 1 is 1.28 bits per heavy atom. The molecule has 0 aliphatic rings. The van der Waals surface area contributed by atoms with Crippen LogP contribution in [0.4, 0.5) is 0 Å². The molecule has 3 aromatic rings. The summed E-state index contributed by atoms with van der Waals surface area (Å²) < 4.78 is 11.8. The maximum Gasteiger partial charge on any atom is 0.232 e. The molecule has 0 spiro atoms. The van der Waals surface area contributed by atoms with Crippen LogP contribution in [0.1, 0.15) is 0 Å². The minimum absolute atomic E-state index is 0.507. The first-order chi connectivity index (χ1) is 8.78. The lowest BCUT2D eigenvalue weighted by Crippen LogP contribution is -1.87. The van der Waals surface area contributed by atoms with Crippen LogP contribution >= 0.6 is 15.9 Å². The van der Waals surface area contributed by atoms with Gasteiger partial charge in [0.25, 0.3) is 0 Å². The van der Waals surface area contributed by atoms with Gasteiger partial charge in [-0.2, -0.15) is 4.98 Å². The largest absolute Gasteiger partial charge is 0.496 e. The Kier molecular flexibility index (Phi) is 2.76. The Morgan fingerprint density at radius 2 is 2.11 bits per heavy atom. The zero-order valence-electron chi connectivity index (χ0n) is 9.55. The van der Waals surface area contributed by atoms with Gasteiger partial charge < -0.3 is 9.15 Å². The van der Waals surface area contributed by atoms with Crippen molar-refractivity contribution >= 4 is 27.2 Å². The van der Waals surface area contributed by atoms with Gasteiger partial charge in [-0.1, -0.05) is 12.1 Å². The summed E-state index contributed by atoms with van der Waals surface area (Å²) in [5.41, 5.74) is 2.04. The number of nitrogens with zero attached hydrogens (tertiary/aromatic N) is 2. The maximum absolute atomic E-state index is 5.69. The van der Waals surface area contributed by atoms with Crippen molar-refractivity contribution in [3.05, 3.63) is 41.0 Å². The van der Waals surface area contributed by atoms with E-state index in [4.69, 9.17) is 9.15 Å². The number of fused-ring (bicyclic) bond motifs is 1. The van der Waals surface area contributed by atoms with Crippen LogP contribution < -0.4 is 4.74 Å². The smallest absolute Gasteiger partial charge is 0.232 e. The molecular weight excluding hydrogens is 296 g/mol. The van der Waals surface area contributed by atoms with Crippen molar-refractivity contribution in [1.29, 1.82) is 0 Å². The minimum atomic E-state index is 0.507. The fourth-order valence-corrected chi connectivity index (χ4v) is 2.04. The molecule has 4 nitrogen and oxygen atoms in total. The molecule has 0 radical (unpaired) electrons. The van der Waals surface area contributed by atoms with Crippen molar-refractivity contribution in [3.8, 4) is 17.2 Å². The second-order valence-electron chi connectivity index (χ2n) is 3.69. The third-order valence-corrected chi connectivity index (χ3v) is 2.98. The summed E-state index contributed by atoms with van der Waals surface area (Å²) in [4.78, 5) is 8.54. The average molecular weight is 305 g/mol. The summed E-state index contributed by atoms with van der Waals surface area (Å²) in [6.07, 6.45) is 1.69. The number of oxazole rings is 1. The van der Waals surface area contributed by atoms with Crippen LogP contribution in [0.25, 0.3) is 22.7 Å². The third kappa shape index (κ3) is 1.86. The number of rotatable bonds is 2. The van der Waals surface area contributed by atoms with Crippen LogP contribution in [-0.4, -0.2) is 17.1 Å². The number of hydrogen-bond donors (Lipinski definition) is 0. The molecule has 90 valence electrons. The second kappa shape index (κ2) is 4.42. The molecule has 1 aromatic carbocycles. The Labute approximate surface area is 112 Å². The Balaban J connectivity index is 2.19. The molecule has 0 amide bonds. The van der Waals surface area contributed by atoms with Crippen molar-refractivity contribution in [2.45, 2.75) is 0 Å². The van der Waals surface area contributed by atoms with Crippen molar-refractivity contribution in [2.24, 2.45) is 0 Å². The van der Waals surface area contributed by atoms with Gasteiger partial charge in [0.15, 0.2) is 11.2 Å². The highest BCUT2D eigenvalue weighted by molar-refractivity contribution is 9.10. The lowest BCUT2D eigenvalue weighted by atomic mass is 10.2. The van der Waals surface area contributed by atoms with Gasteiger partial charge in [-0.3, -0.25) is 0 Å². The number of para-hydroxylation sites is 1. The number of methoxy groups -OCH3 is 1. The van der Waals surface area contributed by atoms with Gasteiger partial charge in [0.2, 0.25) is 5.89 Å². The van der Waals surface area contributed by atoms with Crippen molar-refractivity contribution in [2.75, 3.05) is 7.11 Å². The number of ether oxygens (including phenoxy) is 1. The highest BCUT2D eigenvalue weighted by Gasteiger charge is 2.13. The Hall–Kier alpha value is -1.88. The number of pyridine rings is 1. The molecule has 2 aromatic heterocycles. The average Bonchev–Trinajstić information content (AvgIpc) is 2.81. The highest BCUT2D eigenvalue weighted by atomic mass is 79.9. The molecular formula is C13H9BrN2O2. The number of benzene rings is 1. The first-order valence-corrected chi connectivity index (χ1v) is 6.12. The van der Waals surface area contributed by atoms with Gasteiger partial charge in [-0.25, -0.2) is 4.98 Å². The van der Waals surface area contributed by atoms with E-state index in [2.05, 4.69) is 25.9 Å². The molecule has 0 unspecified atom stereocenters. The number of aromatic nitrogens is 2. The van der Waals surface area contributed by atoms with Crippen LogP contribution in [0.3, 0.4) is 0 Å². The van der Waals surface area contributed by atoms with Crippen LogP contribution in [0, 0.1) is 0 Å². The predicted octanol–water partition coefficient (Wildman–Crippen LogP) is 3.66. The molecule has 0 saturated heterocycles. The standard InChI is InChI=1S/C13H9BrN2O2/c1-17-10-5-3-2-4-9(10)13-16-12-11(18-13)6-8(14)7-15-12/h2-7H,1H3. The fraction of sp³-hybridized carbons (Fsp3) is 0.0769. The second-order valence-corrected chi connectivity index (χ2v) is 4.61. The lowest BCUT2D eigenvalue weighted by molar-refractivity contribution is 0.414. The minimum Gasteiger partial charge on any atom is -0.496 e. The Morgan fingerprint density at radius 3 is 2.94 bits per heavy atom. The summed E-state index contributed by atoms with van der Waals surface area (Å²) in [7, 11) is 1.62. The molecule has 0 aliphatic heterocycles. The van der Waals surface area contributed by atoms with Crippen molar-refractivity contribution in [1.82, 2.24) is 9.97 Å². The van der Waals surface area contributed by atoms with Gasteiger partial charge in [0.05, 0.1) is 12.7 Å². The maximum atomic E-state index is 5.69. The summed E-state index contributed by atoms with van der Waals surface area (Å²) >= 11 is 3.35. The van der Waals surface area contributed by atoms with Crippen molar-refractivity contribution < 1.29 is 9.15 Å². The molecule has 0 N–H and O–H groups in total. The summed E-state index contributed by atoms with van der Waals surface area (Å²) in [5.74, 6) is 1.23. The van der Waals surface area contributed by atoms with Gasteiger partial charge in [-0.15, -0.1) is 0 Å². The molecule has 5 heteroatoms. The van der Waals surface area contributed by atoms with Gasteiger partial charge in [0.1, 0.15) is 5.75 Å². The SMILES string of the molecule is COc1ccccc1-c1nc2ncc(Br)cc2o1. The summed E-state index contributed by atoms with van der Waals surface area (Å²) in [6, 6.07) is 9.43. The third-order valence-electron chi connectivity index (χ3n) is 2.55. The first kappa shape index (κ1) is 11.2. The number of halogens is 1. The fourth-order valence-electron chi connectivity index (χ4n) is 1.73. The lowest BCUT2D eigenvalue weighted by Gasteiger charge is -2.03. The first-order valence-electron chi connectivity index (χ1n) is 5.33. The molecule has 2 heterocycles. The van der Waals surface area contributed by atoms with E-state index in [9.17, 15) is 0 Å². The molecule has 0 bridgehead atoms. The topological polar surface area (TPSA) is 48.2 Å². The quantitative estimate of drug-likeness (QED) is 0.725. The van der Waals surface area contributed by atoms with E-state index in [0.717, 1.165) is 15.8 Å². The van der Waals surface area contributed by atoms with Crippen molar-refractivity contribution in [3.63, 3.8) is 0 Å². The summed E-state index contributed by atoms with van der Waals surface area (Å²) in [5, 5.41) is 0. The molecule has 3 rings (SSSR count). The van der Waals surface area contributed by atoms with E-state index < -0.39 is 0 Å².